The SMILES string of the molecule is CC(C)(C)OC(=O)N(CCO[Si](c1ccccc1)(c1ccccc1)C(C)(C)C)S(=O)(=O)Cc1cc(CBr)ccc1Br. The normalized spacial score (nSPS) is 12.7. The van der Waals surface area contributed by atoms with Crippen molar-refractivity contribution >= 4 is 66.7 Å². The maximum atomic E-state index is 13.8. The third-order valence-electron chi connectivity index (χ3n) is 6.57. The van der Waals surface area contributed by atoms with Crippen molar-refractivity contribution in [1.29, 1.82) is 0 Å². The van der Waals surface area contributed by atoms with Gasteiger partial charge in [-0.05, 0) is 53.4 Å². The highest BCUT2D eigenvalue weighted by molar-refractivity contribution is 9.10. The second kappa shape index (κ2) is 13.5. The van der Waals surface area contributed by atoms with Crippen LogP contribution in [0, 0.1) is 0 Å². The summed E-state index contributed by atoms with van der Waals surface area (Å²) in [6, 6.07) is 25.7. The zero-order valence-corrected chi connectivity index (χ0v) is 29.5. The molecule has 3 rings (SSSR count). The van der Waals surface area contributed by atoms with Gasteiger partial charge in [-0.25, -0.2) is 17.5 Å². The van der Waals surface area contributed by atoms with Gasteiger partial charge >= 0.3 is 6.09 Å². The third kappa shape index (κ3) is 8.31. The molecule has 0 aliphatic carbocycles. The van der Waals surface area contributed by atoms with Gasteiger partial charge in [0.15, 0.2) is 0 Å². The standard InChI is InChI=1S/C31H39Br2NO5SSi/c1-30(2,3)39-29(35)34(40(36,37)23-25-21-24(22-32)17-18-28(25)33)19-20-38-41(31(4,5)6,26-13-9-7-10-14-26)27-15-11-8-12-16-27/h7-18,21H,19-20,22-23H2,1-6H3. The number of ether oxygens (including phenoxy) is 1. The molecule has 0 bridgehead atoms. The lowest BCUT2D eigenvalue weighted by atomic mass is 10.2. The first kappa shape index (κ1) is 33.5. The van der Waals surface area contributed by atoms with Gasteiger partial charge in [-0.1, -0.05) is 125 Å². The van der Waals surface area contributed by atoms with Gasteiger partial charge in [0.25, 0.3) is 8.32 Å². The quantitative estimate of drug-likeness (QED) is 0.167. The van der Waals surface area contributed by atoms with Crippen LogP contribution in [-0.2, 0) is 30.3 Å². The van der Waals surface area contributed by atoms with E-state index in [2.05, 4.69) is 76.9 Å². The lowest BCUT2D eigenvalue weighted by Gasteiger charge is -2.43. The average molecular weight is 726 g/mol. The minimum Gasteiger partial charge on any atom is -0.443 e. The summed E-state index contributed by atoms with van der Waals surface area (Å²) < 4.78 is 41.6. The monoisotopic (exact) mass is 723 g/mol. The fourth-order valence-corrected chi connectivity index (χ4v) is 11.7. The first-order chi connectivity index (χ1) is 19.1. The molecule has 0 aliphatic heterocycles. The molecule has 0 saturated heterocycles. The number of alkyl halides is 1. The number of hydrogen-bond acceptors (Lipinski definition) is 5. The highest BCUT2D eigenvalue weighted by Gasteiger charge is 2.50. The van der Waals surface area contributed by atoms with Gasteiger partial charge in [-0.3, -0.25) is 0 Å². The van der Waals surface area contributed by atoms with E-state index in [1.165, 1.54) is 0 Å². The number of benzene rings is 3. The van der Waals surface area contributed by atoms with Gasteiger partial charge in [0.2, 0.25) is 10.0 Å². The summed E-state index contributed by atoms with van der Waals surface area (Å²) >= 11 is 6.89. The van der Waals surface area contributed by atoms with Crippen molar-refractivity contribution in [3.8, 4) is 0 Å². The van der Waals surface area contributed by atoms with Gasteiger partial charge in [-0.15, -0.1) is 0 Å². The molecule has 0 aromatic heterocycles. The number of halogens is 2. The fourth-order valence-electron chi connectivity index (χ4n) is 4.80. The van der Waals surface area contributed by atoms with Crippen molar-refractivity contribution in [2.75, 3.05) is 13.2 Å². The first-order valence-electron chi connectivity index (χ1n) is 13.4. The molecule has 0 unspecified atom stereocenters. The average Bonchev–Trinajstić information content (AvgIpc) is 2.89. The Hall–Kier alpha value is -1.98. The summed E-state index contributed by atoms with van der Waals surface area (Å²) in [5.74, 6) is -0.368. The number of nitrogens with zero attached hydrogens (tertiary/aromatic N) is 1. The first-order valence-corrected chi connectivity index (χ1v) is 18.9. The van der Waals surface area contributed by atoms with Crippen LogP contribution in [0.5, 0.6) is 0 Å². The lowest BCUT2D eigenvalue weighted by molar-refractivity contribution is 0.0374. The molecule has 0 N–H and O–H groups in total. The van der Waals surface area contributed by atoms with E-state index in [4.69, 9.17) is 9.16 Å². The fraction of sp³-hybridized carbons (Fsp3) is 0.387. The predicted molar refractivity (Wildman–Crippen MR) is 176 cm³/mol. The summed E-state index contributed by atoms with van der Waals surface area (Å²) in [4.78, 5) is 13.4. The zero-order chi connectivity index (χ0) is 30.5. The molecule has 3 aromatic rings. The Balaban J connectivity index is 2.01. The Labute approximate surface area is 262 Å². The Morgan fingerprint density at radius 1 is 0.878 bits per heavy atom. The topological polar surface area (TPSA) is 72.9 Å². The second-order valence-electron chi connectivity index (χ2n) is 11.9. The molecular formula is C31H39Br2NO5SSi. The smallest absolute Gasteiger partial charge is 0.424 e. The number of carbonyl (C=O) groups is 1. The van der Waals surface area contributed by atoms with Crippen LogP contribution < -0.4 is 10.4 Å². The van der Waals surface area contributed by atoms with Crippen LogP contribution in [0.15, 0.2) is 83.3 Å². The van der Waals surface area contributed by atoms with Crippen molar-refractivity contribution in [3.63, 3.8) is 0 Å². The van der Waals surface area contributed by atoms with Gasteiger partial charge < -0.3 is 9.16 Å². The molecular weight excluding hydrogens is 686 g/mol. The van der Waals surface area contributed by atoms with Crippen LogP contribution in [0.3, 0.4) is 0 Å². The molecule has 41 heavy (non-hydrogen) atoms. The van der Waals surface area contributed by atoms with Crippen LogP contribution in [0.2, 0.25) is 5.04 Å². The molecule has 6 nitrogen and oxygen atoms in total. The largest absolute Gasteiger partial charge is 0.443 e. The Morgan fingerprint density at radius 2 is 1.41 bits per heavy atom. The van der Waals surface area contributed by atoms with Crippen LogP contribution in [0.25, 0.3) is 0 Å². The summed E-state index contributed by atoms with van der Waals surface area (Å²) in [5, 5.41) is 2.42. The van der Waals surface area contributed by atoms with E-state index >= 15 is 0 Å². The second-order valence-corrected chi connectivity index (χ2v) is 19.5. The molecule has 0 heterocycles. The minimum atomic E-state index is -4.13. The highest BCUT2D eigenvalue weighted by atomic mass is 79.9. The van der Waals surface area contributed by atoms with Gasteiger partial charge in [0.1, 0.15) is 5.60 Å². The summed E-state index contributed by atoms with van der Waals surface area (Å²) in [7, 11) is -7.07. The number of rotatable bonds is 10. The van der Waals surface area contributed by atoms with Crippen molar-refractivity contribution in [3.05, 3.63) is 94.5 Å². The van der Waals surface area contributed by atoms with Crippen LogP contribution in [0.4, 0.5) is 4.79 Å². The molecule has 1 amide bonds. The number of amides is 1. The molecule has 0 spiro atoms. The molecule has 3 aromatic carbocycles. The summed E-state index contributed by atoms with van der Waals surface area (Å²) in [6.07, 6.45) is -0.920. The van der Waals surface area contributed by atoms with E-state index in [0.717, 1.165) is 20.2 Å². The molecule has 222 valence electrons. The molecule has 0 atom stereocenters. The van der Waals surface area contributed by atoms with Gasteiger partial charge in [-0.2, -0.15) is 0 Å². The van der Waals surface area contributed by atoms with Crippen molar-refractivity contribution in [2.45, 2.75) is 63.3 Å². The van der Waals surface area contributed by atoms with Crippen LogP contribution >= 0.6 is 31.9 Å². The van der Waals surface area contributed by atoms with Gasteiger partial charge in [0.05, 0.1) is 18.9 Å². The maximum absolute atomic E-state index is 13.8. The van der Waals surface area contributed by atoms with Crippen LogP contribution in [-0.4, -0.2) is 45.9 Å². The Bertz CT molecular complexity index is 1380. The minimum absolute atomic E-state index is 0.00830. The van der Waals surface area contributed by atoms with Crippen molar-refractivity contribution in [2.24, 2.45) is 0 Å². The third-order valence-corrected chi connectivity index (χ3v) is 14.7. The predicted octanol–water partition coefficient (Wildman–Crippen LogP) is 6.99. The van der Waals surface area contributed by atoms with E-state index in [0.29, 0.717) is 15.4 Å². The number of carbonyl (C=O) groups excluding carboxylic acids is 1. The summed E-state index contributed by atoms with van der Waals surface area (Å²) in [6.45, 7) is 11.4. The molecule has 0 aliphatic rings. The van der Waals surface area contributed by atoms with Crippen molar-refractivity contribution < 1.29 is 22.4 Å². The van der Waals surface area contributed by atoms with Crippen LogP contribution in [0.1, 0.15) is 52.7 Å². The number of sulfonamides is 1. The van der Waals surface area contributed by atoms with E-state index in [9.17, 15) is 13.2 Å². The Kier molecular flexibility index (Phi) is 11.1. The number of hydrogen-bond donors (Lipinski definition) is 0. The molecule has 0 saturated carbocycles. The molecule has 10 heteroatoms. The molecule has 0 radical (unpaired) electrons. The highest BCUT2D eigenvalue weighted by Crippen LogP contribution is 2.37. The van der Waals surface area contributed by atoms with E-state index < -0.39 is 30.0 Å². The Morgan fingerprint density at radius 3 is 1.88 bits per heavy atom. The van der Waals surface area contributed by atoms with Gasteiger partial charge in [0, 0.05) is 9.80 Å². The maximum Gasteiger partial charge on any atom is 0.424 e. The van der Waals surface area contributed by atoms with Crippen molar-refractivity contribution in [1.82, 2.24) is 4.31 Å². The van der Waals surface area contributed by atoms with E-state index in [1.54, 1.807) is 20.8 Å². The lowest BCUT2D eigenvalue weighted by Crippen LogP contribution is -2.67. The zero-order valence-electron chi connectivity index (χ0n) is 24.5. The van der Waals surface area contributed by atoms with E-state index in [-0.39, 0.29) is 23.9 Å². The van der Waals surface area contributed by atoms with E-state index in [1.807, 2.05) is 54.6 Å². The summed E-state index contributed by atoms with van der Waals surface area (Å²) in [5.41, 5.74) is 0.612. The molecule has 0 fully saturated rings.